The van der Waals surface area contributed by atoms with E-state index in [4.69, 9.17) is 0 Å². The number of nitrogens with zero attached hydrogens (tertiary/aromatic N) is 2. The van der Waals surface area contributed by atoms with Gasteiger partial charge in [-0.2, -0.15) is 13.2 Å². The van der Waals surface area contributed by atoms with E-state index in [2.05, 4.69) is 10.3 Å². The normalized spacial score (nSPS) is 18.8. The molecule has 0 bridgehead atoms. The summed E-state index contributed by atoms with van der Waals surface area (Å²) in [7, 11) is 1.77. The van der Waals surface area contributed by atoms with Crippen LogP contribution >= 0.6 is 0 Å². The molecule has 1 N–H and O–H groups in total. The van der Waals surface area contributed by atoms with E-state index in [1.807, 2.05) is 4.90 Å². The van der Waals surface area contributed by atoms with E-state index >= 15 is 0 Å². The van der Waals surface area contributed by atoms with Crippen molar-refractivity contribution >= 4 is 22.5 Å². The third-order valence-corrected chi connectivity index (χ3v) is 6.13. The lowest BCUT2D eigenvalue weighted by molar-refractivity contribution is -0.140. The Hall–Kier alpha value is -3.23. The van der Waals surface area contributed by atoms with Gasteiger partial charge < -0.3 is 10.2 Å². The quantitative estimate of drug-likeness (QED) is 0.504. The molecule has 0 unspecified atom stereocenters. The number of hydrogen-bond donors (Lipinski definition) is 1. The van der Waals surface area contributed by atoms with Crippen molar-refractivity contribution in [2.75, 3.05) is 11.9 Å². The number of carbonyl (C=O) groups is 1. The van der Waals surface area contributed by atoms with Crippen molar-refractivity contribution in [2.24, 2.45) is 0 Å². The number of alkyl halides is 3. The van der Waals surface area contributed by atoms with Gasteiger partial charge >= 0.3 is 6.18 Å². The number of nitrogens with one attached hydrogen (secondary N) is 1. The number of aromatic nitrogens is 1. The molecule has 174 valence electrons. The van der Waals surface area contributed by atoms with E-state index in [0.29, 0.717) is 36.8 Å². The molecule has 1 aliphatic carbocycles. The lowest BCUT2D eigenvalue weighted by Gasteiger charge is -2.37. The monoisotopic (exact) mass is 463 g/mol. The average Bonchev–Trinajstić information content (AvgIpc) is 2.79. The Labute approximate surface area is 187 Å². The first-order valence-electron chi connectivity index (χ1n) is 10.6. The van der Waals surface area contributed by atoms with E-state index in [0.717, 1.165) is 18.2 Å². The van der Waals surface area contributed by atoms with Gasteiger partial charge in [0.15, 0.2) is 11.6 Å². The Kier molecular flexibility index (Phi) is 6.23. The summed E-state index contributed by atoms with van der Waals surface area (Å²) in [5.41, 5.74) is -0.157. The smallest absolute Gasteiger partial charge is 0.371 e. The van der Waals surface area contributed by atoms with Gasteiger partial charge in [-0.1, -0.05) is 18.2 Å². The van der Waals surface area contributed by atoms with Gasteiger partial charge in [0, 0.05) is 35.8 Å². The predicted molar refractivity (Wildman–Crippen MR) is 115 cm³/mol. The molecule has 0 atom stereocenters. The molecule has 4 nitrogen and oxygen atoms in total. The van der Waals surface area contributed by atoms with Crippen LogP contribution < -0.4 is 10.2 Å². The number of amides is 1. The highest BCUT2D eigenvalue weighted by Crippen LogP contribution is 2.36. The molecule has 4 rings (SSSR count). The highest BCUT2D eigenvalue weighted by molar-refractivity contribution is 5.94. The van der Waals surface area contributed by atoms with Crippen LogP contribution in [-0.2, 0) is 6.18 Å². The second-order valence-electron chi connectivity index (χ2n) is 8.26. The zero-order valence-electron chi connectivity index (χ0n) is 17.8. The van der Waals surface area contributed by atoms with Crippen LogP contribution in [0.15, 0.2) is 48.5 Å². The summed E-state index contributed by atoms with van der Waals surface area (Å²) in [5.74, 6) is -2.59. The van der Waals surface area contributed by atoms with E-state index < -0.39 is 29.4 Å². The summed E-state index contributed by atoms with van der Waals surface area (Å²) in [6.07, 6.45) is -2.03. The standard InChI is InChI=1S/C24H22F5N3O/c1-32(21-13-22(24(27,28)29)31-20-5-3-2-4-17(20)21)16-9-7-15(8-10-16)30-23(33)14-6-11-18(25)19(26)12-14/h2-6,11-13,15-16H,7-10H2,1H3,(H,30,33). The Morgan fingerprint density at radius 2 is 1.70 bits per heavy atom. The predicted octanol–water partition coefficient (Wildman–Crippen LogP) is 5.71. The Morgan fingerprint density at radius 3 is 2.36 bits per heavy atom. The van der Waals surface area contributed by atoms with Gasteiger partial charge in [0.05, 0.1) is 5.52 Å². The molecule has 1 aliphatic rings. The summed E-state index contributed by atoms with van der Waals surface area (Å²) < 4.78 is 66.7. The molecule has 1 amide bonds. The topological polar surface area (TPSA) is 45.2 Å². The van der Waals surface area contributed by atoms with Crippen molar-refractivity contribution < 1.29 is 26.7 Å². The molecule has 2 aromatic carbocycles. The van der Waals surface area contributed by atoms with Crippen LogP contribution in [0.5, 0.6) is 0 Å². The lowest BCUT2D eigenvalue weighted by atomic mass is 9.89. The molecule has 1 aromatic heterocycles. The number of para-hydroxylation sites is 1. The van der Waals surface area contributed by atoms with Gasteiger partial charge in [-0.3, -0.25) is 4.79 Å². The molecular weight excluding hydrogens is 441 g/mol. The highest BCUT2D eigenvalue weighted by Gasteiger charge is 2.34. The summed E-state index contributed by atoms with van der Waals surface area (Å²) in [5, 5.41) is 3.47. The summed E-state index contributed by atoms with van der Waals surface area (Å²) in [6, 6.07) is 10.6. The third-order valence-electron chi connectivity index (χ3n) is 6.13. The number of benzene rings is 2. The molecule has 0 spiro atoms. The third kappa shape index (κ3) is 4.91. The molecule has 3 aromatic rings. The zero-order valence-corrected chi connectivity index (χ0v) is 17.8. The molecule has 33 heavy (non-hydrogen) atoms. The van der Waals surface area contributed by atoms with Crippen molar-refractivity contribution in [2.45, 2.75) is 43.9 Å². The minimum atomic E-state index is -4.55. The number of fused-ring (bicyclic) bond motifs is 1. The minimum absolute atomic E-state index is 0.0201. The van der Waals surface area contributed by atoms with Crippen LogP contribution in [0.4, 0.5) is 27.6 Å². The van der Waals surface area contributed by atoms with Crippen molar-refractivity contribution in [1.29, 1.82) is 0 Å². The second kappa shape index (κ2) is 8.96. The maximum atomic E-state index is 13.4. The molecule has 1 saturated carbocycles. The Bertz CT molecular complexity index is 1170. The van der Waals surface area contributed by atoms with Gasteiger partial charge in [-0.25, -0.2) is 13.8 Å². The van der Waals surface area contributed by atoms with Crippen molar-refractivity contribution in [3.8, 4) is 0 Å². The van der Waals surface area contributed by atoms with Gasteiger partial charge in [-0.15, -0.1) is 0 Å². The maximum absolute atomic E-state index is 13.4. The number of carbonyl (C=O) groups excluding carboxylic acids is 1. The fourth-order valence-corrected chi connectivity index (χ4v) is 4.30. The van der Waals surface area contributed by atoms with E-state index in [1.54, 1.807) is 31.3 Å². The summed E-state index contributed by atoms with van der Waals surface area (Å²) in [6.45, 7) is 0. The van der Waals surface area contributed by atoms with Crippen molar-refractivity contribution in [3.05, 3.63) is 71.4 Å². The fourth-order valence-electron chi connectivity index (χ4n) is 4.30. The van der Waals surface area contributed by atoms with Crippen LogP contribution in [0.3, 0.4) is 0 Å². The Balaban J connectivity index is 1.46. The SMILES string of the molecule is CN(c1cc(C(F)(F)F)nc2ccccc12)C1CCC(NC(=O)c2ccc(F)c(F)c2)CC1. The second-order valence-corrected chi connectivity index (χ2v) is 8.26. The fraction of sp³-hybridized carbons (Fsp3) is 0.333. The van der Waals surface area contributed by atoms with Crippen molar-refractivity contribution in [3.63, 3.8) is 0 Å². The minimum Gasteiger partial charge on any atom is -0.371 e. The van der Waals surface area contributed by atoms with Gasteiger partial charge in [0.25, 0.3) is 5.91 Å². The van der Waals surface area contributed by atoms with Gasteiger partial charge in [0.2, 0.25) is 0 Å². The van der Waals surface area contributed by atoms with Crippen molar-refractivity contribution in [1.82, 2.24) is 10.3 Å². The number of pyridine rings is 1. The number of anilines is 1. The molecule has 0 radical (unpaired) electrons. The lowest BCUT2D eigenvalue weighted by Crippen LogP contribution is -2.43. The molecule has 1 fully saturated rings. The van der Waals surface area contributed by atoms with E-state index in [1.165, 1.54) is 6.07 Å². The van der Waals surface area contributed by atoms with Crippen LogP contribution in [0.2, 0.25) is 0 Å². The first-order chi connectivity index (χ1) is 15.6. The molecule has 1 heterocycles. The number of hydrogen-bond acceptors (Lipinski definition) is 3. The first kappa shape index (κ1) is 22.9. The average molecular weight is 463 g/mol. The summed E-state index contributed by atoms with van der Waals surface area (Å²) in [4.78, 5) is 18.0. The van der Waals surface area contributed by atoms with Gasteiger partial charge in [0.1, 0.15) is 5.69 Å². The van der Waals surface area contributed by atoms with E-state index in [9.17, 15) is 26.7 Å². The number of halogens is 5. The largest absolute Gasteiger partial charge is 0.433 e. The summed E-state index contributed by atoms with van der Waals surface area (Å²) >= 11 is 0. The molecular formula is C24H22F5N3O. The molecule has 0 aliphatic heterocycles. The van der Waals surface area contributed by atoms with Crippen LogP contribution in [0, 0.1) is 11.6 Å². The number of rotatable bonds is 4. The molecule has 0 saturated heterocycles. The Morgan fingerprint density at radius 1 is 1.00 bits per heavy atom. The van der Waals surface area contributed by atoms with Crippen LogP contribution in [0.25, 0.3) is 10.9 Å². The highest BCUT2D eigenvalue weighted by atomic mass is 19.4. The maximum Gasteiger partial charge on any atom is 0.433 e. The molecule has 9 heteroatoms. The van der Waals surface area contributed by atoms with Crippen LogP contribution in [0.1, 0.15) is 41.7 Å². The first-order valence-corrected chi connectivity index (χ1v) is 10.6. The zero-order chi connectivity index (χ0) is 23.8. The van der Waals surface area contributed by atoms with Gasteiger partial charge in [-0.05, 0) is 56.0 Å². The van der Waals surface area contributed by atoms with E-state index in [-0.39, 0.29) is 23.2 Å². The van der Waals surface area contributed by atoms with Crippen LogP contribution in [-0.4, -0.2) is 30.0 Å².